The average molecular weight is 264 g/mol. The first-order chi connectivity index (χ1) is 6.37. The van der Waals surface area contributed by atoms with E-state index in [1.54, 1.807) is 13.8 Å². The molecule has 0 heterocycles. The summed E-state index contributed by atoms with van der Waals surface area (Å²) in [7, 11) is -8.26. The Morgan fingerprint density at radius 3 is 1.93 bits per heavy atom. The second-order valence-corrected chi connectivity index (χ2v) is 10.3. The van der Waals surface area contributed by atoms with Gasteiger partial charge in [-0.3, -0.25) is 0 Å². The summed E-state index contributed by atoms with van der Waals surface area (Å²) >= 11 is 0. The van der Waals surface area contributed by atoms with Crippen LogP contribution >= 0.6 is 0 Å². The summed E-state index contributed by atoms with van der Waals surface area (Å²) in [5, 5.41) is 0. The highest BCUT2D eigenvalue weighted by Crippen LogP contribution is 2.29. The summed E-state index contributed by atoms with van der Waals surface area (Å²) < 4.78 is 61.8. The summed E-state index contributed by atoms with van der Waals surface area (Å²) in [5.41, 5.74) is -5.33. The predicted molar refractivity (Wildman–Crippen MR) is 53.2 cm³/mol. The molecule has 0 saturated carbocycles. The number of alkyl halides is 3. The van der Waals surface area contributed by atoms with Crippen LogP contribution < -0.4 is 0 Å². The molecule has 92 valence electrons. The minimum atomic E-state index is -5.44. The topological polar surface area (TPSA) is 43.4 Å². The van der Waals surface area contributed by atoms with Crippen LogP contribution in [0.2, 0.25) is 19.1 Å². The molecule has 0 amide bonds. The van der Waals surface area contributed by atoms with Gasteiger partial charge in [0.25, 0.3) is 0 Å². The van der Waals surface area contributed by atoms with Crippen LogP contribution in [0.25, 0.3) is 0 Å². The van der Waals surface area contributed by atoms with Gasteiger partial charge in [0.05, 0.1) is 0 Å². The van der Waals surface area contributed by atoms with E-state index in [1.807, 2.05) is 0 Å². The molecule has 0 aliphatic rings. The zero-order valence-corrected chi connectivity index (χ0v) is 10.9. The van der Waals surface area contributed by atoms with Gasteiger partial charge in [-0.25, -0.2) is 0 Å². The Hall–Kier alpha value is -0.0831. The highest BCUT2D eigenvalue weighted by atomic mass is 32.2. The van der Waals surface area contributed by atoms with Crippen LogP contribution in [0.15, 0.2) is 0 Å². The van der Waals surface area contributed by atoms with Gasteiger partial charge >= 0.3 is 15.6 Å². The van der Waals surface area contributed by atoms with Crippen molar-refractivity contribution in [1.29, 1.82) is 0 Å². The Kier molecular flexibility index (Phi) is 4.40. The summed E-state index contributed by atoms with van der Waals surface area (Å²) in [5.74, 6) is 0.107. The molecular weight excluding hydrogens is 249 g/mol. The zero-order chi connectivity index (χ0) is 12.5. The first kappa shape index (κ1) is 14.9. The van der Waals surface area contributed by atoms with Crippen molar-refractivity contribution in [1.82, 2.24) is 0 Å². The van der Waals surface area contributed by atoms with E-state index in [9.17, 15) is 21.6 Å². The molecule has 3 nitrogen and oxygen atoms in total. The molecule has 0 aliphatic heterocycles. The van der Waals surface area contributed by atoms with Crippen LogP contribution in [0.3, 0.4) is 0 Å². The van der Waals surface area contributed by atoms with Crippen molar-refractivity contribution in [3.05, 3.63) is 0 Å². The lowest BCUT2D eigenvalue weighted by atomic mass is 10.3. The second-order valence-electron chi connectivity index (χ2n) is 4.34. The highest BCUT2D eigenvalue weighted by molar-refractivity contribution is 7.88. The average Bonchev–Trinajstić information content (AvgIpc) is 1.75. The lowest BCUT2D eigenvalue weighted by Gasteiger charge is -2.24. The number of hydrogen-bond acceptors (Lipinski definition) is 3. The number of rotatable bonds is 4. The molecule has 0 saturated heterocycles. The maximum atomic E-state index is 12.0. The molecular formula is C7H15F3O3SSi. The molecule has 0 bridgehead atoms. The molecule has 0 unspecified atom stereocenters. The zero-order valence-electron chi connectivity index (χ0n) is 9.05. The molecule has 0 fully saturated rings. The van der Waals surface area contributed by atoms with Crippen molar-refractivity contribution in [3.63, 3.8) is 0 Å². The molecule has 15 heavy (non-hydrogen) atoms. The third-order valence-corrected chi connectivity index (χ3v) is 6.57. The van der Waals surface area contributed by atoms with Gasteiger partial charge in [0.15, 0.2) is 0 Å². The van der Waals surface area contributed by atoms with Gasteiger partial charge in [-0.05, 0) is 25.1 Å². The molecule has 0 N–H and O–H groups in total. The molecule has 0 spiro atoms. The van der Waals surface area contributed by atoms with Crippen molar-refractivity contribution >= 4 is 18.4 Å². The first-order valence-corrected chi connectivity index (χ1v) is 8.92. The fraction of sp³-hybridized carbons (Fsp3) is 1.00. The van der Waals surface area contributed by atoms with E-state index < -0.39 is 23.9 Å². The standard InChI is InChI=1S/C7H15F3O3SSi/c1-6(2)5-15(3,4)13-14(11,12)7(8,9)10/h6H,5H2,1-4H3. The van der Waals surface area contributed by atoms with Crippen molar-refractivity contribution in [2.45, 2.75) is 38.5 Å². The first-order valence-electron chi connectivity index (χ1n) is 4.39. The lowest BCUT2D eigenvalue weighted by Crippen LogP contribution is -2.39. The Morgan fingerprint density at radius 1 is 1.27 bits per heavy atom. The van der Waals surface area contributed by atoms with E-state index in [0.717, 1.165) is 0 Å². The minimum absolute atomic E-state index is 0.107. The van der Waals surface area contributed by atoms with Crippen molar-refractivity contribution in [2.75, 3.05) is 0 Å². The molecule has 0 aromatic carbocycles. The Bertz CT molecular complexity index is 308. The van der Waals surface area contributed by atoms with E-state index in [1.165, 1.54) is 13.1 Å². The molecule has 0 radical (unpaired) electrons. The Balaban J connectivity index is 4.74. The van der Waals surface area contributed by atoms with E-state index >= 15 is 0 Å². The minimum Gasteiger partial charge on any atom is -0.308 e. The quantitative estimate of drug-likeness (QED) is 0.579. The molecule has 0 aromatic rings. The van der Waals surface area contributed by atoms with Gasteiger partial charge in [-0.1, -0.05) is 13.8 Å². The highest BCUT2D eigenvalue weighted by Gasteiger charge is 2.50. The van der Waals surface area contributed by atoms with Crippen molar-refractivity contribution in [3.8, 4) is 0 Å². The normalized spacial score (nSPS) is 14.7. The second kappa shape index (κ2) is 4.42. The van der Waals surface area contributed by atoms with Crippen molar-refractivity contribution < 1.29 is 25.5 Å². The number of hydrogen-bond donors (Lipinski definition) is 0. The lowest BCUT2D eigenvalue weighted by molar-refractivity contribution is -0.0503. The smallest absolute Gasteiger partial charge is 0.308 e. The van der Waals surface area contributed by atoms with E-state index in [2.05, 4.69) is 3.87 Å². The van der Waals surface area contributed by atoms with Gasteiger partial charge in [-0.2, -0.15) is 21.6 Å². The van der Waals surface area contributed by atoms with Crippen LogP contribution in [0.1, 0.15) is 13.8 Å². The maximum Gasteiger partial charge on any atom is 0.522 e. The Morgan fingerprint density at radius 2 is 1.67 bits per heavy atom. The third-order valence-electron chi connectivity index (χ3n) is 1.52. The monoisotopic (exact) mass is 264 g/mol. The largest absolute Gasteiger partial charge is 0.522 e. The van der Waals surface area contributed by atoms with Crippen LogP contribution in [0.5, 0.6) is 0 Å². The molecule has 0 atom stereocenters. The number of halogens is 3. The van der Waals surface area contributed by atoms with Gasteiger partial charge in [0.1, 0.15) is 0 Å². The van der Waals surface area contributed by atoms with Crippen LogP contribution in [0.4, 0.5) is 13.2 Å². The maximum absolute atomic E-state index is 12.0. The molecule has 0 rings (SSSR count). The van der Waals surface area contributed by atoms with Crippen LogP contribution in [-0.2, 0) is 14.0 Å². The van der Waals surface area contributed by atoms with Gasteiger partial charge in [0, 0.05) is 0 Å². The van der Waals surface area contributed by atoms with E-state index in [0.29, 0.717) is 6.04 Å². The fourth-order valence-electron chi connectivity index (χ4n) is 1.36. The molecule has 0 aliphatic carbocycles. The summed E-state index contributed by atoms with van der Waals surface area (Å²) in [4.78, 5) is 0. The van der Waals surface area contributed by atoms with Crippen LogP contribution in [-0.4, -0.2) is 22.2 Å². The summed E-state index contributed by atoms with van der Waals surface area (Å²) in [6.07, 6.45) is 0. The fourth-order valence-corrected chi connectivity index (χ4v) is 6.35. The molecule has 0 aromatic heterocycles. The summed E-state index contributed by atoms with van der Waals surface area (Å²) in [6, 6.07) is 0.363. The Labute approximate surface area is 88.9 Å². The van der Waals surface area contributed by atoms with Crippen LogP contribution in [0, 0.1) is 5.92 Å². The van der Waals surface area contributed by atoms with Gasteiger partial charge < -0.3 is 3.87 Å². The van der Waals surface area contributed by atoms with Crippen molar-refractivity contribution in [2.24, 2.45) is 5.92 Å². The third kappa shape index (κ3) is 4.98. The molecule has 8 heteroatoms. The van der Waals surface area contributed by atoms with Gasteiger partial charge in [0.2, 0.25) is 8.32 Å². The SMILES string of the molecule is CC(C)C[Si](C)(C)OS(=O)(=O)C(F)(F)F. The van der Waals surface area contributed by atoms with E-state index in [-0.39, 0.29) is 5.92 Å². The summed E-state index contributed by atoms with van der Waals surface area (Å²) in [6.45, 7) is 6.52. The predicted octanol–water partition coefficient (Wildman–Crippen LogP) is 2.71. The van der Waals surface area contributed by atoms with Gasteiger partial charge in [-0.15, -0.1) is 0 Å². The van der Waals surface area contributed by atoms with E-state index in [4.69, 9.17) is 0 Å².